The summed E-state index contributed by atoms with van der Waals surface area (Å²) in [5, 5.41) is -0.127. The SMILES string of the molecule is COc1cc(SN2CCCCC2)c(F)cc1Oc1cc(F)c(F)cc1Cl. The van der Waals surface area contributed by atoms with Gasteiger partial charge < -0.3 is 9.47 Å². The van der Waals surface area contributed by atoms with Gasteiger partial charge in [0.2, 0.25) is 0 Å². The van der Waals surface area contributed by atoms with Crippen molar-refractivity contribution in [2.24, 2.45) is 0 Å². The summed E-state index contributed by atoms with van der Waals surface area (Å²) >= 11 is 7.20. The lowest BCUT2D eigenvalue weighted by Gasteiger charge is -2.25. The molecule has 0 unspecified atom stereocenters. The number of nitrogens with zero attached hydrogens (tertiary/aromatic N) is 1. The van der Waals surface area contributed by atoms with Crippen molar-refractivity contribution in [1.82, 2.24) is 4.31 Å². The number of methoxy groups -OCH3 is 1. The zero-order valence-electron chi connectivity index (χ0n) is 14.0. The normalized spacial score (nSPS) is 15.1. The molecule has 0 amide bonds. The van der Waals surface area contributed by atoms with Crippen molar-refractivity contribution in [2.45, 2.75) is 24.2 Å². The molecule has 0 atom stereocenters. The Morgan fingerprint density at radius 2 is 1.54 bits per heavy atom. The van der Waals surface area contributed by atoms with E-state index in [-0.39, 0.29) is 22.3 Å². The van der Waals surface area contributed by atoms with Crippen LogP contribution in [-0.4, -0.2) is 24.5 Å². The predicted octanol–water partition coefficient (Wildman–Crippen LogP) is 6.05. The molecular formula is C18H17ClF3NO2S. The lowest BCUT2D eigenvalue weighted by molar-refractivity contribution is 0.370. The first-order valence-electron chi connectivity index (χ1n) is 8.11. The molecule has 140 valence electrons. The highest BCUT2D eigenvalue weighted by Gasteiger charge is 2.19. The number of ether oxygens (including phenoxy) is 2. The summed E-state index contributed by atoms with van der Waals surface area (Å²) in [7, 11) is 1.42. The molecule has 0 aromatic heterocycles. The van der Waals surface area contributed by atoms with Crippen LogP contribution in [0, 0.1) is 17.5 Å². The molecule has 8 heteroatoms. The minimum Gasteiger partial charge on any atom is -0.493 e. The first kappa shape index (κ1) is 19.2. The number of rotatable bonds is 5. The van der Waals surface area contributed by atoms with E-state index in [4.69, 9.17) is 21.1 Å². The van der Waals surface area contributed by atoms with Crippen molar-refractivity contribution in [3.8, 4) is 17.2 Å². The summed E-state index contributed by atoms with van der Waals surface area (Å²) in [6, 6.07) is 4.29. The standard InChI is InChI=1S/C18H17ClF3NO2S/c1-24-16-10-18(26-23-5-3-2-4-6-23)14(22)9-17(16)25-15-8-13(21)12(20)7-11(15)19/h7-10H,2-6H2,1H3. The third kappa shape index (κ3) is 4.39. The fraction of sp³-hybridized carbons (Fsp3) is 0.333. The van der Waals surface area contributed by atoms with Crippen LogP contribution < -0.4 is 9.47 Å². The Bertz CT molecular complexity index is 800. The van der Waals surface area contributed by atoms with E-state index < -0.39 is 17.5 Å². The van der Waals surface area contributed by atoms with Gasteiger partial charge in [-0.15, -0.1) is 0 Å². The second-order valence-electron chi connectivity index (χ2n) is 5.81. The lowest BCUT2D eigenvalue weighted by Crippen LogP contribution is -2.22. The summed E-state index contributed by atoms with van der Waals surface area (Å²) in [6.45, 7) is 1.80. The third-order valence-electron chi connectivity index (χ3n) is 3.96. The van der Waals surface area contributed by atoms with Gasteiger partial charge in [0.05, 0.1) is 17.0 Å². The van der Waals surface area contributed by atoms with E-state index in [1.165, 1.54) is 31.5 Å². The maximum atomic E-state index is 14.5. The van der Waals surface area contributed by atoms with Crippen LogP contribution in [0.5, 0.6) is 17.2 Å². The summed E-state index contributed by atoms with van der Waals surface area (Å²) < 4.78 is 53.9. The van der Waals surface area contributed by atoms with Crippen molar-refractivity contribution in [2.75, 3.05) is 20.2 Å². The quantitative estimate of drug-likeness (QED) is 0.447. The predicted molar refractivity (Wildman–Crippen MR) is 95.7 cm³/mol. The highest BCUT2D eigenvalue weighted by molar-refractivity contribution is 7.97. The molecule has 2 aromatic rings. The molecule has 0 saturated carbocycles. The van der Waals surface area contributed by atoms with E-state index in [9.17, 15) is 13.2 Å². The Hall–Kier alpha value is -1.57. The summed E-state index contributed by atoms with van der Waals surface area (Å²) in [5.74, 6) is -2.52. The molecule has 0 N–H and O–H groups in total. The minimum atomic E-state index is -1.11. The molecule has 2 aromatic carbocycles. The van der Waals surface area contributed by atoms with E-state index in [2.05, 4.69) is 4.31 Å². The third-order valence-corrected chi connectivity index (χ3v) is 5.38. The molecule has 0 radical (unpaired) electrons. The largest absolute Gasteiger partial charge is 0.493 e. The van der Waals surface area contributed by atoms with Crippen LogP contribution >= 0.6 is 23.5 Å². The van der Waals surface area contributed by atoms with Gasteiger partial charge in [-0.05, 0) is 30.9 Å². The van der Waals surface area contributed by atoms with Crippen LogP contribution in [0.15, 0.2) is 29.2 Å². The van der Waals surface area contributed by atoms with Gasteiger partial charge in [0.25, 0.3) is 0 Å². The maximum Gasteiger partial charge on any atom is 0.172 e. The molecule has 1 saturated heterocycles. The molecule has 3 rings (SSSR count). The second-order valence-corrected chi connectivity index (χ2v) is 7.36. The number of piperidine rings is 1. The second kappa shape index (κ2) is 8.41. The molecule has 0 aliphatic carbocycles. The number of benzene rings is 2. The van der Waals surface area contributed by atoms with Crippen LogP contribution in [0.4, 0.5) is 13.2 Å². The monoisotopic (exact) mass is 403 g/mol. The number of hydrogen-bond donors (Lipinski definition) is 0. The van der Waals surface area contributed by atoms with Crippen LogP contribution in [0.1, 0.15) is 19.3 Å². The zero-order chi connectivity index (χ0) is 18.7. The average Bonchev–Trinajstić information content (AvgIpc) is 2.62. The number of halogens is 4. The van der Waals surface area contributed by atoms with Gasteiger partial charge in [-0.1, -0.05) is 18.0 Å². The number of hydrogen-bond acceptors (Lipinski definition) is 4. The van der Waals surface area contributed by atoms with Gasteiger partial charge >= 0.3 is 0 Å². The molecule has 1 aliphatic heterocycles. The van der Waals surface area contributed by atoms with E-state index >= 15 is 0 Å². The lowest BCUT2D eigenvalue weighted by atomic mass is 10.2. The van der Waals surface area contributed by atoms with Gasteiger partial charge in [0.15, 0.2) is 23.1 Å². The van der Waals surface area contributed by atoms with Crippen molar-refractivity contribution >= 4 is 23.5 Å². The van der Waals surface area contributed by atoms with E-state index in [1.54, 1.807) is 0 Å². The van der Waals surface area contributed by atoms with Gasteiger partial charge in [-0.2, -0.15) is 0 Å². The van der Waals surface area contributed by atoms with E-state index in [1.807, 2.05) is 0 Å². The smallest absolute Gasteiger partial charge is 0.172 e. The maximum absolute atomic E-state index is 14.5. The first-order valence-corrected chi connectivity index (χ1v) is 9.26. The molecule has 0 bridgehead atoms. The Kier molecular flexibility index (Phi) is 6.21. The minimum absolute atomic E-state index is 0.0286. The average molecular weight is 404 g/mol. The van der Waals surface area contributed by atoms with Crippen molar-refractivity contribution in [3.05, 3.63) is 46.7 Å². The Balaban J connectivity index is 1.86. The van der Waals surface area contributed by atoms with Crippen molar-refractivity contribution in [3.63, 3.8) is 0 Å². The van der Waals surface area contributed by atoms with Crippen LogP contribution in [-0.2, 0) is 0 Å². The highest BCUT2D eigenvalue weighted by Crippen LogP contribution is 2.40. The topological polar surface area (TPSA) is 21.7 Å². The van der Waals surface area contributed by atoms with E-state index in [0.717, 1.165) is 44.1 Å². The molecule has 1 fully saturated rings. The van der Waals surface area contributed by atoms with Gasteiger partial charge in [-0.3, -0.25) is 0 Å². The summed E-state index contributed by atoms with van der Waals surface area (Å²) in [5.41, 5.74) is 0. The molecular weight excluding hydrogens is 387 g/mol. The summed E-state index contributed by atoms with van der Waals surface area (Å²) in [4.78, 5) is 0.410. The van der Waals surface area contributed by atoms with Gasteiger partial charge in [0.1, 0.15) is 11.6 Å². The Morgan fingerprint density at radius 1 is 0.885 bits per heavy atom. The van der Waals surface area contributed by atoms with Crippen molar-refractivity contribution < 1.29 is 22.6 Å². The molecule has 1 heterocycles. The Morgan fingerprint density at radius 3 is 2.23 bits per heavy atom. The molecule has 1 aliphatic rings. The highest BCUT2D eigenvalue weighted by atomic mass is 35.5. The molecule has 0 spiro atoms. The molecule has 3 nitrogen and oxygen atoms in total. The zero-order valence-corrected chi connectivity index (χ0v) is 15.6. The van der Waals surface area contributed by atoms with E-state index in [0.29, 0.717) is 4.90 Å². The van der Waals surface area contributed by atoms with Crippen LogP contribution in [0.25, 0.3) is 0 Å². The first-order chi connectivity index (χ1) is 12.5. The fourth-order valence-electron chi connectivity index (χ4n) is 2.62. The van der Waals surface area contributed by atoms with Crippen LogP contribution in [0.3, 0.4) is 0 Å². The van der Waals surface area contributed by atoms with Gasteiger partial charge in [0, 0.05) is 31.3 Å². The van der Waals surface area contributed by atoms with Crippen molar-refractivity contribution in [1.29, 1.82) is 0 Å². The van der Waals surface area contributed by atoms with Gasteiger partial charge in [-0.25, -0.2) is 17.5 Å². The van der Waals surface area contributed by atoms with Crippen LogP contribution in [0.2, 0.25) is 5.02 Å². The molecule has 26 heavy (non-hydrogen) atoms. The summed E-state index contributed by atoms with van der Waals surface area (Å²) in [6.07, 6.45) is 3.35. The Labute approximate surface area is 159 Å². The fourth-order valence-corrected chi connectivity index (χ4v) is 3.84.